The monoisotopic (exact) mass is 310 g/mol. The molecule has 0 N–H and O–H groups in total. The second-order valence-corrected chi connectivity index (χ2v) is 12.4. The lowest BCUT2D eigenvalue weighted by Gasteiger charge is -2.47. The van der Waals surface area contributed by atoms with E-state index in [4.69, 9.17) is 4.43 Å². The molecule has 4 atom stereocenters. The van der Waals surface area contributed by atoms with Crippen molar-refractivity contribution >= 4 is 14.1 Å². The molecule has 2 unspecified atom stereocenters. The molecule has 0 aromatic carbocycles. The van der Waals surface area contributed by atoms with Crippen LogP contribution in [0.25, 0.3) is 0 Å². The first-order chi connectivity index (χ1) is 9.92. The molecule has 122 valence electrons. The van der Waals surface area contributed by atoms with E-state index in [1.54, 1.807) is 6.92 Å². The Morgan fingerprint density at radius 1 is 1.14 bits per heavy atom. The average Bonchev–Trinajstić information content (AvgIpc) is 2.83. The van der Waals surface area contributed by atoms with Crippen LogP contribution in [0.15, 0.2) is 0 Å². The van der Waals surface area contributed by atoms with E-state index in [0.717, 1.165) is 6.42 Å². The number of rotatable bonds is 6. The highest BCUT2D eigenvalue weighted by molar-refractivity contribution is 6.73. The van der Waals surface area contributed by atoms with E-state index in [2.05, 4.69) is 27.7 Å². The van der Waals surface area contributed by atoms with Gasteiger partial charge in [0.1, 0.15) is 5.78 Å². The Bertz CT molecular complexity index is 369. The van der Waals surface area contributed by atoms with Gasteiger partial charge < -0.3 is 4.43 Å². The molecular formula is C18H34O2Si. The van der Waals surface area contributed by atoms with Crippen molar-refractivity contribution in [2.75, 3.05) is 0 Å². The molecule has 0 aromatic rings. The van der Waals surface area contributed by atoms with Crippen LogP contribution in [0.4, 0.5) is 0 Å². The summed E-state index contributed by atoms with van der Waals surface area (Å²) in [6, 6.07) is 3.70. The number of Topliss-reactive ketones (excluding diaryl/α,β-unsaturated/α-hetero) is 1. The third kappa shape index (κ3) is 3.01. The second kappa shape index (κ2) is 6.53. The van der Waals surface area contributed by atoms with Crippen molar-refractivity contribution in [1.82, 2.24) is 0 Å². The molecule has 0 radical (unpaired) electrons. The number of hydrogen-bond acceptors (Lipinski definition) is 2. The van der Waals surface area contributed by atoms with Crippen LogP contribution in [0.2, 0.25) is 18.1 Å². The van der Waals surface area contributed by atoms with Crippen LogP contribution in [0.1, 0.15) is 66.7 Å². The van der Waals surface area contributed by atoms with Gasteiger partial charge in [0.2, 0.25) is 0 Å². The van der Waals surface area contributed by atoms with Crippen LogP contribution >= 0.6 is 0 Å². The Balaban J connectivity index is 2.18. The van der Waals surface area contributed by atoms with Gasteiger partial charge >= 0.3 is 0 Å². The van der Waals surface area contributed by atoms with Crippen LogP contribution in [0.5, 0.6) is 0 Å². The lowest BCUT2D eigenvalue weighted by Crippen LogP contribution is -2.48. The van der Waals surface area contributed by atoms with E-state index < -0.39 is 8.32 Å². The molecule has 0 saturated heterocycles. The van der Waals surface area contributed by atoms with Gasteiger partial charge in [0.25, 0.3) is 0 Å². The summed E-state index contributed by atoms with van der Waals surface area (Å²) in [4.78, 5) is 12.0. The fourth-order valence-corrected chi connectivity index (χ4v) is 8.17. The summed E-state index contributed by atoms with van der Waals surface area (Å²) in [5, 5.41) is 0. The maximum Gasteiger partial charge on any atom is 0.192 e. The normalized spacial score (nSPS) is 36.5. The number of ketones is 1. The Kier molecular flexibility index (Phi) is 5.35. The molecule has 0 spiro atoms. The summed E-state index contributed by atoms with van der Waals surface area (Å²) in [7, 11) is -1.53. The topological polar surface area (TPSA) is 26.3 Å². The van der Waals surface area contributed by atoms with Crippen molar-refractivity contribution in [3.8, 4) is 0 Å². The number of hydrogen-bond donors (Lipinski definition) is 0. The maximum atomic E-state index is 12.0. The Morgan fingerprint density at radius 3 is 2.29 bits per heavy atom. The SMILES string of the molecule is CC[Si](CC)(CC)O[C@H]1CCC[C@]2(C)C(C(C)=O)CCC12. The Labute approximate surface area is 132 Å². The third-order valence-corrected chi connectivity index (χ3v) is 11.6. The first kappa shape index (κ1) is 17.2. The molecule has 2 rings (SSSR count). The van der Waals surface area contributed by atoms with E-state index >= 15 is 0 Å². The lowest BCUT2D eigenvalue weighted by atomic mass is 9.63. The number of carbonyl (C=O) groups is 1. The van der Waals surface area contributed by atoms with Crippen LogP contribution in [0, 0.1) is 17.3 Å². The predicted molar refractivity (Wildman–Crippen MR) is 90.9 cm³/mol. The predicted octanol–water partition coefficient (Wildman–Crippen LogP) is 5.18. The van der Waals surface area contributed by atoms with Gasteiger partial charge in [0.05, 0.1) is 0 Å². The molecule has 2 aliphatic rings. The number of carbonyl (C=O) groups excluding carboxylic acids is 1. The largest absolute Gasteiger partial charge is 0.414 e. The molecule has 2 aliphatic carbocycles. The van der Waals surface area contributed by atoms with Crippen LogP contribution in [0.3, 0.4) is 0 Å². The van der Waals surface area contributed by atoms with E-state index in [-0.39, 0.29) is 11.3 Å². The average molecular weight is 311 g/mol. The molecule has 0 aliphatic heterocycles. The smallest absolute Gasteiger partial charge is 0.192 e. The quantitative estimate of drug-likeness (QED) is 0.632. The van der Waals surface area contributed by atoms with Crippen molar-refractivity contribution in [3.05, 3.63) is 0 Å². The van der Waals surface area contributed by atoms with Gasteiger partial charge in [0.15, 0.2) is 8.32 Å². The molecule has 0 bridgehead atoms. The maximum absolute atomic E-state index is 12.0. The van der Waals surface area contributed by atoms with Gasteiger partial charge in [-0.25, -0.2) is 0 Å². The second-order valence-electron chi connectivity index (χ2n) is 7.65. The van der Waals surface area contributed by atoms with Gasteiger partial charge in [0, 0.05) is 12.0 Å². The van der Waals surface area contributed by atoms with Crippen molar-refractivity contribution in [2.24, 2.45) is 17.3 Å². The minimum atomic E-state index is -1.53. The van der Waals surface area contributed by atoms with Crippen molar-refractivity contribution in [3.63, 3.8) is 0 Å². The van der Waals surface area contributed by atoms with E-state index in [1.165, 1.54) is 43.8 Å². The van der Waals surface area contributed by atoms with E-state index in [1.807, 2.05) is 0 Å². The summed E-state index contributed by atoms with van der Waals surface area (Å²) in [5.41, 5.74) is 0.212. The van der Waals surface area contributed by atoms with Crippen molar-refractivity contribution < 1.29 is 9.22 Å². The van der Waals surface area contributed by atoms with Gasteiger partial charge in [-0.15, -0.1) is 0 Å². The Hall–Kier alpha value is -0.153. The van der Waals surface area contributed by atoms with Gasteiger partial charge in [-0.2, -0.15) is 0 Å². The molecule has 2 saturated carbocycles. The van der Waals surface area contributed by atoms with Crippen LogP contribution in [-0.2, 0) is 9.22 Å². The van der Waals surface area contributed by atoms with Gasteiger partial charge in [-0.05, 0) is 62.1 Å². The molecule has 0 heterocycles. The molecule has 21 heavy (non-hydrogen) atoms. The summed E-state index contributed by atoms with van der Waals surface area (Å²) in [6.45, 7) is 11.1. The van der Waals surface area contributed by atoms with Gasteiger partial charge in [-0.1, -0.05) is 34.1 Å². The molecular weight excluding hydrogens is 276 g/mol. The fraction of sp³-hybridized carbons (Fsp3) is 0.944. The minimum Gasteiger partial charge on any atom is -0.414 e. The van der Waals surface area contributed by atoms with Crippen molar-refractivity contribution in [1.29, 1.82) is 0 Å². The summed E-state index contributed by atoms with van der Waals surface area (Å²) in [6.07, 6.45) is 6.41. The summed E-state index contributed by atoms with van der Waals surface area (Å²) in [5.74, 6) is 1.32. The molecule has 3 heteroatoms. The zero-order chi connectivity index (χ0) is 15.7. The van der Waals surface area contributed by atoms with Crippen molar-refractivity contribution in [2.45, 2.75) is 91.0 Å². The molecule has 2 nitrogen and oxygen atoms in total. The first-order valence-electron chi connectivity index (χ1n) is 9.10. The van der Waals surface area contributed by atoms with E-state index in [9.17, 15) is 4.79 Å². The lowest BCUT2D eigenvalue weighted by molar-refractivity contribution is -0.126. The molecule has 2 fully saturated rings. The standard InChI is InChI=1S/C18H34O2Si/c1-6-21(7-2,8-3)20-17-10-9-13-18(5)15(14(4)19)11-12-16(17)18/h15-17H,6-13H2,1-5H3/t15?,16?,17-,18+/m0/s1. The zero-order valence-corrected chi connectivity index (χ0v) is 15.7. The van der Waals surface area contributed by atoms with Crippen LogP contribution < -0.4 is 0 Å². The summed E-state index contributed by atoms with van der Waals surface area (Å²) < 4.78 is 6.86. The highest BCUT2D eigenvalue weighted by atomic mass is 28.4. The highest BCUT2D eigenvalue weighted by Crippen LogP contribution is 2.56. The fourth-order valence-electron chi connectivity index (χ4n) is 5.25. The summed E-state index contributed by atoms with van der Waals surface area (Å²) >= 11 is 0. The minimum absolute atomic E-state index is 0.212. The van der Waals surface area contributed by atoms with Crippen LogP contribution in [-0.4, -0.2) is 20.2 Å². The molecule has 0 amide bonds. The third-order valence-electron chi connectivity index (χ3n) is 6.89. The highest BCUT2D eigenvalue weighted by Gasteiger charge is 2.54. The zero-order valence-electron chi connectivity index (χ0n) is 14.7. The first-order valence-corrected chi connectivity index (χ1v) is 11.6. The Morgan fingerprint density at radius 2 is 1.76 bits per heavy atom. The van der Waals surface area contributed by atoms with Gasteiger partial charge in [-0.3, -0.25) is 4.79 Å². The van der Waals surface area contributed by atoms with E-state index in [0.29, 0.717) is 17.8 Å². The molecule has 0 aromatic heterocycles. The number of fused-ring (bicyclic) bond motifs is 1.